The molecule has 100 valence electrons. The smallest absolute Gasteiger partial charge is 0.0432 e. The molecule has 0 bridgehead atoms. The highest BCUT2D eigenvalue weighted by Gasteiger charge is 2.25. The van der Waals surface area contributed by atoms with Crippen LogP contribution in [0.3, 0.4) is 0 Å². The SMILES string of the molecule is Cc1ccc2ccccc2c1C(Br)C1CCCCC1. The molecule has 2 aromatic carbocycles. The first-order chi connectivity index (χ1) is 9.27. The van der Waals surface area contributed by atoms with Crippen molar-refractivity contribution in [1.29, 1.82) is 0 Å². The van der Waals surface area contributed by atoms with Crippen LogP contribution in [-0.2, 0) is 0 Å². The van der Waals surface area contributed by atoms with E-state index >= 15 is 0 Å². The summed E-state index contributed by atoms with van der Waals surface area (Å²) in [6, 6.07) is 13.3. The Hall–Kier alpha value is -0.820. The molecule has 3 rings (SSSR count). The van der Waals surface area contributed by atoms with E-state index in [1.54, 1.807) is 0 Å². The maximum absolute atomic E-state index is 4.02. The summed E-state index contributed by atoms with van der Waals surface area (Å²) in [5.41, 5.74) is 2.94. The van der Waals surface area contributed by atoms with Gasteiger partial charge in [-0.2, -0.15) is 0 Å². The normalized spacial score (nSPS) is 18.6. The van der Waals surface area contributed by atoms with Crippen LogP contribution in [0.15, 0.2) is 36.4 Å². The van der Waals surface area contributed by atoms with Gasteiger partial charge in [0.05, 0.1) is 0 Å². The second-order valence-corrected chi connectivity index (χ2v) is 6.80. The Morgan fingerprint density at radius 2 is 1.74 bits per heavy atom. The molecule has 1 aliphatic carbocycles. The highest BCUT2D eigenvalue weighted by atomic mass is 79.9. The van der Waals surface area contributed by atoms with Crippen LogP contribution in [-0.4, -0.2) is 0 Å². The largest absolute Gasteiger partial charge is 0.0835 e. The van der Waals surface area contributed by atoms with Crippen molar-refractivity contribution in [2.45, 2.75) is 43.9 Å². The van der Waals surface area contributed by atoms with Gasteiger partial charge in [0.15, 0.2) is 0 Å². The second-order valence-electron chi connectivity index (χ2n) is 5.82. The number of alkyl halides is 1. The van der Waals surface area contributed by atoms with Gasteiger partial charge in [-0.1, -0.05) is 71.6 Å². The van der Waals surface area contributed by atoms with Crippen molar-refractivity contribution in [3.05, 3.63) is 47.5 Å². The van der Waals surface area contributed by atoms with E-state index in [0.717, 1.165) is 5.92 Å². The maximum atomic E-state index is 4.02. The molecule has 0 nitrogen and oxygen atoms in total. The van der Waals surface area contributed by atoms with Gasteiger partial charge in [0.1, 0.15) is 0 Å². The van der Waals surface area contributed by atoms with E-state index in [1.165, 1.54) is 54.0 Å². The zero-order chi connectivity index (χ0) is 13.2. The van der Waals surface area contributed by atoms with E-state index in [2.05, 4.69) is 59.3 Å². The standard InChI is InChI=1S/C18H21Br/c1-13-11-12-14-7-5-6-10-16(14)17(13)18(19)15-8-3-2-4-9-15/h5-7,10-12,15,18H,2-4,8-9H2,1H3. The fraction of sp³-hybridized carbons (Fsp3) is 0.444. The number of hydrogen-bond donors (Lipinski definition) is 0. The molecule has 2 aromatic rings. The minimum atomic E-state index is 0.513. The monoisotopic (exact) mass is 316 g/mol. The number of benzene rings is 2. The zero-order valence-electron chi connectivity index (χ0n) is 11.5. The molecule has 1 atom stereocenters. The molecule has 0 amide bonds. The van der Waals surface area contributed by atoms with E-state index in [0.29, 0.717) is 4.83 Å². The Morgan fingerprint density at radius 1 is 1.00 bits per heavy atom. The van der Waals surface area contributed by atoms with Crippen LogP contribution < -0.4 is 0 Å². The highest BCUT2D eigenvalue weighted by molar-refractivity contribution is 9.09. The van der Waals surface area contributed by atoms with E-state index in [9.17, 15) is 0 Å². The van der Waals surface area contributed by atoms with Gasteiger partial charge in [-0.3, -0.25) is 0 Å². The average Bonchev–Trinajstić information content (AvgIpc) is 2.47. The van der Waals surface area contributed by atoms with Crippen molar-refractivity contribution in [2.24, 2.45) is 5.92 Å². The molecular formula is C18H21Br. The second kappa shape index (κ2) is 5.66. The van der Waals surface area contributed by atoms with Gasteiger partial charge in [0, 0.05) is 4.83 Å². The molecule has 1 heteroatoms. The Morgan fingerprint density at radius 3 is 2.53 bits per heavy atom. The zero-order valence-corrected chi connectivity index (χ0v) is 13.1. The predicted octanol–water partition coefficient (Wildman–Crippen LogP) is 6.16. The maximum Gasteiger partial charge on any atom is 0.0432 e. The average molecular weight is 317 g/mol. The van der Waals surface area contributed by atoms with Crippen molar-refractivity contribution in [3.63, 3.8) is 0 Å². The van der Waals surface area contributed by atoms with Crippen LogP contribution in [0.1, 0.15) is 48.1 Å². The molecule has 0 aliphatic heterocycles. The lowest BCUT2D eigenvalue weighted by Gasteiger charge is -2.28. The molecule has 0 aromatic heterocycles. The summed E-state index contributed by atoms with van der Waals surface area (Å²) in [5, 5.41) is 2.79. The molecule has 0 saturated heterocycles. The van der Waals surface area contributed by atoms with Crippen LogP contribution in [0.25, 0.3) is 10.8 Å². The third kappa shape index (κ3) is 2.58. The predicted molar refractivity (Wildman–Crippen MR) is 86.9 cm³/mol. The first kappa shape index (κ1) is 13.2. The van der Waals surface area contributed by atoms with E-state index in [1.807, 2.05) is 0 Å². The van der Waals surface area contributed by atoms with Crippen LogP contribution in [0.5, 0.6) is 0 Å². The van der Waals surface area contributed by atoms with Gasteiger partial charge < -0.3 is 0 Å². The van der Waals surface area contributed by atoms with E-state index in [-0.39, 0.29) is 0 Å². The van der Waals surface area contributed by atoms with Crippen molar-refractivity contribution in [2.75, 3.05) is 0 Å². The summed E-state index contributed by atoms with van der Waals surface area (Å²) >= 11 is 4.02. The van der Waals surface area contributed by atoms with Crippen molar-refractivity contribution < 1.29 is 0 Å². The number of hydrogen-bond acceptors (Lipinski definition) is 0. The molecule has 1 saturated carbocycles. The van der Waals surface area contributed by atoms with Crippen molar-refractivity contribution in [1.82, 2.24) is 0 Å². The minimum absolute atomic E-state index is 0.513. The molecule has 1 fully saturated rings. The van der Waals surface area contributed by atoms with E-state index < -0.39 is 0 Å². The molecule has 19 heavy (non-hydrogen) atoms. The summed E-state index contributed by atoms with van der Waals surface area (Å²) in [6.07, 6.45) is 6.97. The molecule has 1 unspecified atom stereocenters. The Kier molecular flexibility index (Phi) is 3.93. The van der Waals surface area contributed by atoms with Crippen LogP contribution >= 0.6 is 15.9 Å². The molecule has 0 N–H and O–H groups in total. The Bertz CT molecular complexity index is 567. The fourth-order valence-electron chi connectivity index (χ4n) is 3.43. The summed E-state index contributed by atoms with van der Waals surface area (Å²) in [4.78, 5) is 0.513. The van der Waals surface area contributed by atoms with Crippen LogP contribution in [0.4, 0.5) is 0 Å². The van der Waals surface area contributed by atoms with Crippen LogP contribution in [0.2, 0.25) is 0 Å². The third-order valence-corrected chi connectivity index (χ3v) is 5.73. The molecule has 0 heterocycles. The summed E-state index contributed by atoms with van der Waals surface area (Å²) in [7, 11) is 0. The van der Waals surface area contributed by atoms with Crippen LogP contribution in [0, 0.1) is 12.8 Å². The number of halogens is 1. The molecule has 1 aliphatic rings. The fourth-order valence-corrected chi connectivity index (χ4v) is 4.57. The van der Waals surface area contributed by atoms with Gasteiger partial charge in [-0.25, -0.2) is 0 Å². The van der Waals surface area contributed by atoms with Gasteiger partial charge in [0.2, 0.25) is 0 Å². The Labute approximate surface area is 124 Å². The lowest BCUT2D eigenvalue weighted by molar-refractivity contribution is 0.355. The molecule has 0 radical (unpaired) electrons. The first-order valence-corrected chi connectivity index (χ1v) is 8.31. The van der Waals surface area contributed by atoms with Gasteiger partial charge in [-0.15, -0.1) is 0 Å². The van der Waals surface area contributed by atoms with Crippen molar-refractivity contribution >= 4 is 26.7 Å². The summed E-state index contributed by atoms with van der Waals surface area (Å²) < 4.78 is 0. The van der Waals surface area contributed by atoms with E-state index in [4.69, 9.17) is 0 Å². The Balaban J connectivity index is 2.05. The minimum Gasteiger partial charge on any atom is -0.0835 e. The summed E-state index contributed by atoms with van der Waals surface area (Å²) in [5.74, 6) is 0.804. The lowest BCUT2D eigenvalue weighted by Crippen LogP contribution is -2.13. The van der Waals surface area contributed by atoms with Crippen molar-refractivity contribution in [3.8, 4) is 0 Å². The van der Waals surface area contributed by atoms with Gasteiger partial charge in [0.25, 0.3) is 0 Å². The number of rotatable bonds is 2. The first-order valence-electron chi connectivity index (χ1n) is 7.39. The van der Waals surface area contributed by atoms with Gasteiger partial charge in [-0.05, 0) is 47.6 Å². The summed E-state index contributed by atoms with van der Waals surface area (Å²) in [6.45, 7) is 2.25. The third-order valence-electron chi connectivity index (χ3n) is 4.53. The lowest BCUT2D eigenvalue weighted by atomic mass is 9.82. The van der Waals surface area contributed by atoms with Gasteiger partial charge >= 0.3 is 0 Å². The molecular weight excluding hydrogens is 296 g/mol. The number of aryl methyl sites for hydroxylation is 1. The topological polar surface area (TPSA) is 0 Å². The molecule has 0 spiro atoms. The quantitative estimate of drug-likeness (QED) is 0.581. The number of fused-ring (bicyclic) bond motifs is 1. The highest BCUT2D eigenvalue weighted by Crippen LogP contribution is 2.43.